The fourth-order valence-corrected chi connectivity index (χ4v) is 4.99. The maximum atomic E-state index is 14.0. The summed E-state index contributed by atoms with van der Waals surface area (Å²) in [5, 5.41) is 2.64. The molecule has 0 saturated carbocycles. The second-order valence-corrected chi connectivity index (χ2v) is 9.28. The zero-order chi connectivity index (χ0) is 23.7. The van der Waals surface area contributed by atoms with E-state index >= 15 is 0 Å². The maximum Gasteiger partial charge on any atom is 0.264 e. The number of fused-ring (bicyclic) bond motifs is 2. The average molecular weight is 486 g/mol. The highest BCUT2D eigenvalue weighted by molar-refractivity contribution is 7.92. The first-order valence-electron chi connectivity index (χ1n) is 10.3. The van der Waals surface area contributed by atoms with E-state index in [9.17, 15) is 17.6 Å². The summed E-state index contributed by atoms with van der Waals surface area (Å²) in [5.74, 6) is 0.420. The van der Waals surface area contributed by atoms with Crippen molar-refractivity contribution in [3.8, 4) is 23.0 Å². The lowest BCUT2D eigenvalue weighted by Crippen LogP contribution is -2.38. The lowest BCUT2D eigenvalue weighted by Gasteiger charge is -2.25. The van der Waals surface area contributed by atoms with Gasteiger partial charge in [-0.15, -0.1) is 0 Å². The Labute approximate surface area is 194 Å². The first kappa shape index (κ1) is 21.8. The molecular weight excluding hydrogens is 467 g/mol. The van der Waals surface area contributed by atoms with Crippen molar-refractivity contribution in [1.82, 2.24) is 0 Å². The predicted molar refractivity (Wildman–Crippen MR) is 120 cm³/mol. The molecule has 0 fully saturated rings. The summed E-state index contributed by atoms with van der Waals surface area (Å²) in [6, 6.07) is 14.0. The molecular formula is C23H19FN2O7S. The Morgan fingerprint density at radius 2 is 1.59 bits per heavy atom. The van der Waals surface area contributed by atoms with Crippen molar-refractivity contribution in [3.63, 3.8) is 0 Å². The third-order valence-electron chi connectivity index (χ3n) is 5.14. The van der Waals surface area contributed by atoms with Crippen molar-refractivity contribution in [1.29, 1.82) is 0 Å². The van der Waals surface area contributed by atoms with Gasteiger partial charge in [0.15, 0.2) is 23.0 Å². The van der Waals surface area contributed by atoms with Crippen LogP contribution in [-0.2, 0) is 14.8 Å². The summed E-state index contributed by atoms with van der Waals surface area (Å²) in [5.41, 5.74) is 0.390. The molecule has 0 aliphatic carbocycles. The van der Waals surface area contributed by atoms with E-state index in [1.54, 1.807) is 18.2 Å². The Hall–Kier alpha value is -3.99. The highest BCUT2D eigenvalue weighted by Crippen LogP contribution is 2.35. The van der Waals surface area contributed by atoms with Gasteiger partial charge in [-0.2, -0.15) is 0 Å². The zero-order valence-electron chi connectivity index (χ0n) is 17.7. The Bertz CT molecular complexity index is 1360. The number of anilines is 2. The van der Waals surface area contributed by atoms with Crippen LogP contribution in [0.15, 0.2) is 65.6 Å². The molecule has 2 aliphatic rings. The Kier molecular flexibility index (Phi) is 5.62. The summed E-state index contributed by atoms with van der Waals surface area (Å²) in [7, 11) is -4.28. The molecule has 5 rings (SSSR count). The minimum Gasteiger partial charge on any atom is -0.486 e. The van der Waals surface area contributed by atoms with Gasteiger partial charge >= 0.3 is 0 Å². The number of hydrogen-bond donors (Lipinski definition) is 1. The van der Waals surface area contributed by atoms with E-state index in [0.717, 1.165) is 10.4 Å². The van der Waals surface area contributed by atoms with Crippen molar-refractivity contribution in [3.05, 3.63) is 66.5 Å². The summed E-state index contributed by atoms with van der Waals surface area (Å²) < 4.78 is 63.4. The van der Waals surface area contributed by atoms with Gasteiger partial charge in [0.25, 0.3) is 10.0 Å². The van der Waals surface area contributed by atoms with Crippen molar-refractivity contribution in [2.75, 3.05) is 36.2 Å². The number of nitrogens with one attached hydrogen (secondary N) is 1. The van der Waals surface area contributed by atoms with Crippen molar-refractivity contribution in [2.24, 2.45) is 0 Å². The van der Waals surface area contributed by atoms with Gasteiger partial charge < -0.3 is 24.3 Å². The number of carbonyl (C=O) groups is 1. The monoisotopic (exact) mass is 486 g/mol. The number of carbonyl (C=O) groups excluding carboxylic acids is 1. The number of rotatable bonds is 6. The molecule has 9 nitrogen and oxygen atoms in total. The molecule has 0 unspecified atom stereocenters. The van der Waals surface area contributed by atoms with Gasteiger partial charge in [-0.05, 0) is 42.5 Å². The van der Waals surface area contributed by atoms with Crippen LogP contribution in [0.3, 0.4) is 0 Å². The van der Waals surface area contributed by atoms with Crippen LogP contribution in [0, 0.1) is 5.82 Å². The van der Waals surface area contributed by atoms with Crippen molar-refractivity contribution >= 4 is 27.3 Å². The van der Waals surface area contributed by atoms with Gasteiger partial charge in [0.05, 0.1) is 10.6 Å². The largest absolute Gasteiger partial charge is 0.486 e. The molecule has 0 bridgehead atoms. The molecule has 2 heterocycles. The van der Waals surface area contributed by atoms with Gasteiger partial charge in [0.2, 0.25) is 12.7 Å². The van der Waals surface area contributed by atoms with E-state index in [-0.39, 0.29) is 29.7 Å². The number of ether oxygens (including phenoxy) is 4. The van der Waals surface area contributed by atoms with E-state index < -0.39 is 28.3 Å². The minimum atomic E-state index is -4.28. The van der Waals surface area contributed by atoms with Crippen LogP contribution in [0.4, 0.5) is 15.8 Å². The Morgan fingerprint density at radius 3 is 2.41 bits per heavy atom. The summed E-state index contributed by atoms with van der Waals surface area (Å²) in [6.45, 7) is 0.110. The fraction of sp³-hybridized carbons (Fsp3) is 0.174. The molecule has 3 aromatic carbocycles. The number of amides is 1. The molecule has 0 aromatic heterocycles. The standard InChI is InChI=1S/C23H19FN2O7S/c24-15-2-1-3-17(10-15)26(13-23(27)25-16-4-6-20-21(11-16)33-14-32-20)34(28,29)18-5-7-19-22(12-18)31-9-8-30-19/h1-7,10-12H,8-9,13-14H2,(H,25,27). The molecule has 1 amide bonds. The van der Waals surface area contributed by atoms with Crippen LogP contribution in [0.5, 0.6) is 23.0 Å². The predicted octanol–water partition coefficient (Wildman–Crippen LogP) is 3.16. The zero-order valence-corrected chi connectivity index (χ0v) is 18.5. The molecule has 0 radical (unpaired) electrons. The number of benzene rings is 3. The molecule has 3 aromatic rings. The van der Waals surface area contributed by atoms with E-state index in [2.05, 4.69) is 5.32 Å². The number of nitrogens with zero attached hydrogens (tertiary/aromatic N) is 1. The molecule has 0 saturated heterocycles. The molecule has 0 atom stereocenters. The van der Waals surface area contributed by atoms with Crippen molar-refractivity contribution < 1.29 is 36.6 Å². The third-order valence-corrected chi connectivity index (χ3v) is 6.91. The smallest absolute Gasteiger partial charge is 0.264 e. The molecule has 176 valence electrons. The van der Waals surface area contributed by atoms with E-state index in [4.69, 9.17) is 18.9 Å². The van der Waals surface area contributed by atoms with E-state index in [0.29, 0.717) is 29.5 Å². The Morgan fingerprint density at radius 1 is 0.882 bits per heavy atom. The molecule has 11 heteroatoms. The minimum absolute atomic E-state index is 0.00396. The molecule has 2 aliphatic heterocycles. The number of hydrogen-bond acceptors (Lipinski definition) is 7. The van der Waals surface area contributed by atoms with E-state index in [1.807, 2.05) is 0 Å². The topological polar surface area (TPSA) is 103 Å². The van der Waals surface area contributed by atoms with Crippen LogP contribution < -0.4 is 28.6 Å². The van der Waals surface area contributed by atoms with Gasteiger partial charge in [0.1, 0.15) is 25.6 Å². The first-order valence-corrected chi connectivity index (χ1v) is 11.7. The lowest BCUT2D eigenvalue weighted by molar-refractivity contribution is -0.114. The van der Waals surface area contributed by atoms with Crippen LogP contribution >= 0.6 is 0 Å². The van der Waals surface area contributed by atoms with Gasteiger partial charge in [-0.1, -0.05) is 6.07 Å². The summed E-state index contributed by atoms with van der Waals surface area (Å²) in [6.07, 6.45) is 0. The van der Waals surface area contributed by atoms with E-state index in [1.165, 1.54) is 36.4 Å². The van der Waals surface area contributed by atoms with Crippen LogP contribution in [0.25, 0.3) is 0 Å². The summed E-state index contributed by atoms with van der Waals surface area (Å²) in [4.78, 5) is 12.7. The molecule has 1 N–H and O–H groups in total. The summed E-state index contributed by atoms with van der Waals surface area (Å²) >= 11 is 0. The Balaban J connectivity index is 1.45. The van der Waals surface area contributed by atoms with Gasteiger partial charge in [0, 0.05) is 17.8 Å². The van der Waals surface area contributed by atoms with Gasteiger partial charge in [-0.25, -0.2) is 12.8 Å². The normalized spacial score (nSPS) is 13.9. The molecule has 34 heavy (non-hydrogen) atoms. The average Bonchev–Trinajstić information content (AvgIpc) is 3.30. The van der Waals surface area contributed by atoms with Gasteiger partial charge in [-0.3, -0.25) is 9.10 Å². The highest BCUT2D eigenvalue weighted by atomic mass is 32.2. The van der Waals surface area contributed by atoms with Crippen LogP contribution in [0.1, 0.15) is 0 Å². The quantitative estimate of drug-likeness (QED) is 0.571. The molecule has 0 spiro atoms. The highest BCUT2D eigenvalue weighted by Gasteiger charge is 2.29. The van der Waals surface area contributed by atoms with Crippen LogP contribution in [0.2, 0.25) is 0 Å². The number of halogens is 1. The van der Waals surface area contributed by atoms with Crippen LogP contribution in [-0.4, -0.2) is 40.9 Å². The second-order valence-electron chi connectivity index (χ2n) is 7.41. The SMILES string of the molecule is O=C(CN(c1cccc(F)c1)S(=O)(=O)c1ccc2c(c1)OCCO2)Nc1ccc2c(c1)OCO2. The second kappa shape index (κ2) is 8.75. The lowest BCUT2D eigenvalue weighted by atomic mass is 10.2. The maximum absolute atomic E-state index is 14.0. The third kappa shape index (κ3) is 4.29. The number of sulfonamides is 1. The fourth-order valence-electron chi connectivity index (χ4n) is 3.56. The van der Waals surface area contributed by atoms with Crippen molar-refractivity contribution in [2.45, 2.75) is 4.90 Å². The first-order chi connectivity index (χ1) is 16.4.